The number of imidazole rings is 1. The molecule has 2 fully saturated rings. The fourth-order valence-electron chi connectivity index (χ4n) is 2.83. The van der Waals surface area contributed by atoms with Gasteiger partial charge in [0.1, 0.15) is 5.82 Å². The summed E-state index contributed by atoms with van der Waals surface area (Å²) in [5.74, 6) is 1.93. The molecular weight excluding hydrogens is 214 g/mol. The van der Waals surface area contributed by atoms with Gasteiger partial charge in [0.05, 0.1) is 18.0 Å². The number of aromatic amines is 1. The Morgan fingerprint density at radius 1 is 1.29 bits per heavy atom. The third kappa shape index (κ3) is 2.69. The fraction of sp³-hybridized carbons (Fsp3) is 0.769. The van der Waals surface area contributed by atoms with Gasteiger partial charge >= 0.3 is 0 Å². The highest BCUT2D eigenvalue weighted by atomic mass is 16.5. The quantitative estimate of drug-likeness (QED) is 0.840. The third-order valence-electron chi connectivity index (χ3n) is 3.87. The predicted octanol–water partition coefficient (Wildman–Crippen LogP) is 1.80. The molecule has 4 nitrogen and oxygen atoms in total. The van der Waals surface area contributed by atoms with E-state index in [2.05, 4.69) is 15.3 Å². The molecule has 3 rings (SSSR count). The van der Waals surface area contributed by atoms with Gasteiger partial charge in [0.25, 0.3) is 0 Å². The van der Waals surface area contributed by atoms with Crippen LogP contribution in [0.4, 0.5) is 0 Å². The lowest BCUT2D eigenvalue weighted by atomic mass is 9.94. The second kappa shape index (κ2) is 5.19. The number of hydrogen-bond donors (Lipinski definition) is 2. The summed E-state index contributed by atoms with van der Waals surface area (Å²) >= 11 is 0. The minimum Gasteiger partial charge on any atom is -0.372 e. The highest BCUT2D eigenvalue weighted by molar-refractivity contribution is 5.06. The van der Waals surface area contributed by atoms with Gasteiger partial charge in [-0.05, 0) is 44.7 Å². The molecule has 0 saturated carbocycles. The lowest BCUT2D eigenvalue weighted by Crippen LogP contribution is -2.28. The molecule has 0 spiro atoms. The first-order valence-electron chi connectivity index (χ1n) is 6.78. The average Bonchev–Trinajstić information content (AvgIpc) is 3.00. The van der Waals surface area contributed by atoms with Crippen LogP contribution < -0.4 is 5.32 Å². The number of nitrogens with zero attached hydrogens (tertiary/aromatic N) is 1. The van der Waals surface area contributed by atoms with Crippen LogP contribution in [0.1, 0.15) is 43.3 Å². The van der Waals surface area contributed by atoms with Gasteiger partial charge in [-0.25, -0.2) is 4.98 Å². The molecule has 0 aliphatic carbocycles. The van der Waals surface area contributed by atoms with E-state index in [9.17, 15) is 0 Å². The largest absolute Gasteiger partial charge is 0.372 e. The Morgan fingerprint density at radius 3 is 2.94 bits per heavy atom. The second-order valence-electron chi connectivity index (χ2n) is 5.18. The van der Waals surface area contributed by atoms with Crippen LogP contribution in [-0.2, 0) is 11.2 Å². The molecular formula is C13H21N3O. The normalized spacial score (nSPS) is 26.5. The maximum Gasteiger partial charge on any atom is 0.106 e. The number of nitrogens with one attached hydrogen (secondary N) is 2. The summed E-state index contributed by atoms with van der Waals surface area (Å²) in [6, 6.07) is 0. The van der Waals surface area contributed by atoms with Crippen LogP contribution in [0.5, 0.6) is 0 Å². The molecule has 2 aliphatic heterocycles. The molecule has 94 valence electrons. The van der Waals surface area contributed by atoms with E-state index in [0.29, 0.717) is 0 Å². The fourth-order valence-corrected chi connectivity index (χ4v) is 2.83. The summed E-state index contributed by atoms with van der Waals surface area (Å²) in [5, 5.41) is 3.40. The maximum atomic E-state index is 5.66. The van der Waals surface area contributed by atoms with Crippen molar-refractivity contribution in [2.24, 2.45) is 5.92 Å². The summed E-state index contributed by atoms with van der Waals surface area (Å²) in [7, 11) is 0. The molecule has 0 radical (unpaired) electrons. The molecule has 1 atom stereocenters. The number of rotatable bonds is 3. The van der Waals surface area contributed by atoms with E-state index in [4.69, 9.17) is 4.74 Å². The maximum absolute atomic E-state index is 5.66. The first-order valence-corrected chi connectivity index (χ1v) is 6.78. The number of hydrogen-bond acceptors (Lipinski definition) is 3. The predicted molar refractivity (Wildman–Crippen MR) is 65.8 cm³/mol. The van der Waals surface area contributed by atoms with E-state index in [1.807, 2.05) is 6.20 Å². The van der Waals surface area contributed by atoms with Gasteiger partial charge in [0, 0.05) is 13.0 Å². The van der Waals surface area contributed by atoms with Gasteiger partial charge in [0.15, 0.2) is 0 Å². The van der Waals surface area contributed by atoms with Crippen molar-refractivity contribution in [3.8, 4) is 0 Å². The highest BCUT2D eigenvalue weighted by Gasteiger charge is 2.21. The van der Waals surface area contributed by atoms with E-state index in [1.165, 1.54) is 25.0 Å². The first kappa shape index (κ1) is 11.2. The summed E-state index contributed by atoms with van der Waals surface area (Å²) in [6.07, 6.45) is 8.18. The van der Waals surface area contributed by atoms with Crippen LogP contribution in [0.2, 0.25) is 0 Å². The first-order chi connectivity index (χ1) is 8.42. The Balaban J connectivity index is 1.59. The van der Waals surface area contributed by atoms with Gasteiger partial charge in [-0.2, -0.15) is 0 Å². The molecule has 0 amide bonds. The second-order valence-corrected chi connectivity index (χ2v) is 5.18. The molecule has 4 heteroatoms. The van der Waals surface area contributed by atoms with E-state index >= 15 is 0 Å². The average molecular weight is 235 g/mol. The summed E-state index contributed by atoms with van der Waals surface area (Å²) in [6.45, 7) is 3.21. The van der Waals surface area contributed by atoms with E-state index in [0.717, 1.165) is 44.3 Å². The molecule has 0 bridgehead atoms. The van der Waals surface area contributed by atoms with Crippen LogP contribution >= 0.6 is 0 Å². The van der Waals surface area contributed by atoms with Crippen molar-refractivity contribution in [2.75, 3.05) is 19.7 Å². The lowest BCUT2D eigenvalue weighted by Gasteiger charge is -2.21. The van der Waals surface area contributed by atoms with Crippen molar-refractivity contribution in [1.82, 2.24) is 15.3 Å². The third-order valence-corrected chi connectivity index (χ3v) is 3.87. The van der Waals surface area contributed by atoms with Crippen LogP contribution in [0.25, 0.3) is 0 Å². The van der Waals surface area contributed by atoms with Gasteiger partial charge < -0.3 is 15.0 Å². The SMILES string of the molecule is c1nc(CC2CCNCC2)[nH]c1C1CCCO1. The minimum atomic E-state index is 0.268. The molecule has 1 unspecified atom stereocenters. The molecule has 2 aliphatic rings. The van der Waals surface area contributed by atoms with Crippen molar-refractivity contribution in [3.63, 3.8) is 0 Å². The van der Waals surface area contributed by atoms with Crippen molar-refractivity contribution >= 4 is 0 Å². The number of H-pyrrole nitrogens is 1. The molecule has 17 heavy (non-hydrogen) atoms. The lowest BCUT2D eigenvalue weighted by molar-refractivity contribution is 0.109. The zero-order chi connectivity index (χ0) is 11.5. The van der Waals surface area contributed by atoms with E-state index in [-0.39, 0.29) is 6.10 Å². The van der Waals surface area contributed by atoms with Crippen LogP contribution in [0.15, 0.2) is 6.20 Å². The standard InChI is InChI=1S/C13H21N3O/c1-2-12(17-7-1)11-9-15-13(16-11)8-10-3-5-14-6-4-10/h9-10,12,14H,1-8H2,(H,15,16). The smallest absolute Gasteiger partial charge is 0.106 e. The van der Waals surface area contributed by atoms with Crippen molar-refractivity contribution in [1.29, 1.82) is 0 Å². The molecule has 3 heterocycles. The molecule has 1 aromatic rings. The van der Waals surface area contributed by atoms with Crippen LogP contribution in [-0.4, -0.2) is 29.7 Å². The van der Waals surface area contributed by atoms with Gasteiger partial charge in [-0.15, -0.1) is 0 Å². The molecule has 2 saturated heterocycles. The zero-order valence-electron chi connectivity index (χ0n) is 10.2. The number of ether oxygens (including phenoxy) is 1. The Kier molecular flexibility index (Phi) is 3.43. The Labute approximate surface area is 102 Å². The Bertz CT molecular complexity index is 351. The summed E-state index contributed by atoms with van der Waals surface area (Å²) in [5.41, 5.74) is 1.17. The van der Waals surface area contributed by atoms with E-state index in [1.54, 1.807) is 0 Å². The minimum absolute atomic E-state index is 0.268. The summed E-state index contributed by atoms with van der Waals surface area (Å²) < 4.78 is 5.66. The topological polar surface area (TPSA) is 49.9 Å². The zero-order valence-corrected chi connectivity index (χ0v) is 10.2. The Hall–Kier alpha value is -0.870. The monoisotopic (exact) mass is 235 g/mol. The van der Waals surface area contributed by atoms with Crippen molar-refractivity contribution in [3.05, 3.63) is 17.7 Å². The molecule has 1 aromatic heterocycles. The molecule has 0 aromatic carbocycles. The Morgan fingerprint density at radius 2 is 2.18 bits per heavy atom. The number of aromatic nitrogens is 2. The van der Waals surface area contributed by atoms with Crippen LogP contribution in [0, 0.1) is 5.92 Å². The van der Waals surface area contributed by atoms with Gasteiger partial charge in [-0.3, -0.25) is 0 Å². The van der Waals surface area contributed by atoms with Gasteiger partial charge in [0.2, 0.25) is 0 Å². The van der Waals surface area contributed by atoms with Crippen LogP contribution in [0.3, 0.4) is 0 Å². The van der Waals surface area contributed by atoms with Crippen molar-refractivity contribution < 1.29 is 4.74 Å². The summed E-state index contributed by atoms with van der Waals surface area (Å²) in [4.78, 5) is 7.94. The van der Waals surface area contributed by atoms with Gasteiger partial charge in [-0.1, -0.05) is 0 Å². The van der Waals surface area contributed by atoms with E-state index < -0.39 is 0 Å². The highest BCUT2D eigenvalue weighted by Crippen LogP contribution is 2.27. The van der Waals surface area contributed by atoms with Crippen molar-refractivity contribution in [2.45, 2.75) is 38.2 Å². The number of piperidine rings is 1. The molecule has 2 N–H and O–H groups in total.